The first-order chi connectivity index (χ1) is 12.1. The van der Waals surface area contributed by atoms with Gasteiger partial charge in [0, 0.05) is 40.3 Å². The Morgan fingerprint density at radius 2 is 2.04 bits per heavy atom. The van der Waals surface area contributed by atoms with Crippen LogP contribution in [0.25, 0.3) is 11.0 Å². The highest BCUT2D eigenvalue weighted by atomic mass is 32.1. The van der Waals surface area contributed by atoms with E-state index in [1.807, 2.05) is 17.4 Å². The zero-order valence-corrected chi connectivity index (χ0v) is 15.8. The second-order valence-electron chi connectivity index (χ2n) is 7.12. The highest BCUT2D eigenvalue weighted by Gasteiger charge is 2.31. The normalized spacial score (nSPS) is 20.0. The van der Waals surface area contributed by atoms with E-state index in [4.69, 9.17) is 4.42 Å². The summed E-state index contributed by atoms with van der Waals surface area (Å²) >= 11 is 1.88. The minimum atomic E-state index is -0.244. The lowest BCUT2D eigenvalue weighted by Gasteiger charge is -2.32. The molecule has 130 valence electrons. The van der Waals surface area contributed by atoms with Crippen LogP contribution in [0.15, 0.2) is 38.9 Å². The Labute approximate surface area is 151 Å². The molecule has 1 aromatic carbocycles. The van der Waals surface area contributed by atoms with Gasteiger partial charge in [-0.15, -0.1) is 11.3 Å². The molecule has 3 nitrogen and oxygen atoms in total. The van der Waals surface area contributed by atoms with Gasteiger partial charge in [-0.25, -0.2) is 4.79 Å². The van der Waals surface area contributed by atoms with Crippen LogP contribution in [-0.4, -0.2) is 6.54 Å². The van der Waals surface area contributed by atoms with E-state index in [0.717, 1.165) is 42.4 Å². The highest BCUT2D eigenvalue weighted by molar-refractivity contribution is 7.10. The number of nitrogens with one attached hydrogen (secondary N) is 1. The van der Waals surface area contributed by atoms with Gasteiger partial charge in [0.05, 0.1) is 6.54 Å². The van der Waals surface area contributed by atoms with E-state index in [0.29, 0.717) is 11.6 Å². The number of benzene rings is 1. The lowest BCUT2D eigenvalue weighted by molar-refractivity contribution is -0.947. The van der Waals surface area contributed by atoms with Crippen molar-refractivity contribution in [3.63, 3.8) is 0 Å². The van der Waals surface area contributed by atoms with Gasteiger partial charge in [-0.2, -0.15) is 0 Å². The second-order valence-corrected chi connectivity index (χ2v) is 8.12. The molecular weight excluding hydrogens is 330 g/mol. The summed E-state index contributed by atoms with van der Waals surface area (Å²) in [6.45, 7) is 8.44. The quantitative estimate of drug-likeness (QED) is 0.730. The zero-order valence-electron chi connectivity index (χ0n) is 15.0. The van der Waals surface area contributed by atoms with E-state index in [-0.39, 0.29) is 5.63 Å². The molecule has 0 bridgehead atoms. The van der Waals surface area contributed by atoms with Crippen LogP contribution in [0.1, 0.15) is 46.5 Å². The van der Waals surface area contributed by atoms with Crippen molar-refractivity contribution < 1.29 is 9.32 Å². The molecule has 0 spiro atoms. The number of aryl methyl sites for hydroxylation is 2. The molecule has 1 unspecified atom stereocenters. The van der Waals surface area contributed by atoms with Crippen LogP contribution in [0, 0.1) is 13.8 Å². The summed E-state index contributed by atoms with van der Waals surface area (Å²) in [6, 6.07) is 8.67. The predicted molar refractivity (Wildman–Crippen MR) is 103 cm³/mol. The fourth-order valence-electron chi connectivity index (χ4n) is 4.13. The maximum Gasteiger partial charge on any atom is 0.336 e. The van der Waals surface area contributed by atoms with Crippen LogP contribution in [0.2, 0.25) is 0 Å². The lowest BCUT2D eigenvalue weighted by atomic mass is 9.96. The Morgan fingerprint density at radius 1 is 1.24 bits per heavy atom. The first-order valence-electron chi connectivity index (χ1n) is 9.01. The van der Waals surface area contributed by atoms with Crippen LogP contribution in [0.5, 0.6) is 0 Å². The Balaban J connectivity index is 1.76. The number of fused-ring (bicyclic) bond motifs is 2. The van der Waals surface area contributed by atoms with Crippen molar-refractivity contribution in [1.29, 1.82) is 0 Å². The van der Waals surface area contributed by atoms with Gasteiger partial charge in [-0.05, 0) is 48.6 Å². The zero-order chi connectivity index (χ0) is 17.6. The lowest BCUT2D eigenvalue weighted by Crippen LogP contribution is -3.12. The molecule has 2 atom stereocenters. The molecule has 3 heterocycles. The summed E-state index contributed by atoms with van der Waals surface area (Å²) in [6.07, 6.45) is 2.26. The van der Waals surface area contributed by atoms with E-state index in [9.17, 15) is 4.79 Å². The van der Waals surface area contributed by atoms with Crippen molar-refractivity contribution in [1.82, 2.24) is 0 Å². The average Bonchev–Trinajstić information content (AvgIpc) is 3.05. The van der Waals surface area contributed by atoms with Crippen LogP contribution in [-0.2, 0) is 13.0 Å². The predicted octanol–water partition coefficient (Wildman–Crippen LogP) is 3.56. The van der Waals surface area contributed by atoms with Crippen LogP contribution in [0.3, 0.4) is 0 Å². The molecule has 4 heteroatoms. The number of hydrogen-bond donors (Lipinski definition) is 1. The second kappa shape index (κ2) is 6.43. The molecule has 0 fully saturated rings. The molecule has 25 heavy (non-hydrogen) atoms. The molecule has 4 rings (SSSR count). The molecule has 0 radical (unpaired) electrons. The van der Waals surface area contributed by atoms with Gasteiger partial charge in [0.2, 0.25) is 0 Å². The molecule has 1 N–H and O–H groups in total. The standard InChI is InChI=1S/C21H23NO2S/c1-4-18-16-6-8-25-20(16)5-7-22(18)12-15-11-21(23)24-19-10-14(3)13(2)9-17(15)19/h6,8-11,18H,4-5,7,12H2,1-3H3/p+1/t18-/m1/s1. The first kappa shape index (κ1) is 16.6. The SMILES string of the molecule is CC[C@@H]1c2ccsc2CC[NH+]1Cc1cc(=O)oc2cc(C)c(C)cc12. The fourth-order valence-corrected chi connectivity index (χ4v) is 5.07. The van der Waals surface area contributed by atoms with Crippen molar-refractivity contribution >= 4 is 22.3 Å². The van der Waals surface area contributed by atoms with Crippen molar-refractivity contribution in [3.8, 4) is 0 Å². The van der Waals surface area contributed by atoms with Gasteiger partial charge in [0.25, 0.3) is 0 Å². The molecule has 0 saturated heterocycles. The van der Waals surface area contributed by atoms with Crippen molar-refractivity contribution in [2.24, 2.45) is 0 Å². The Morgan fingerprint density at radius 3 is 2.84 bits per heavy atom. The van der Waals surface area contributed by atoms with Crippen molar-refractivity contribution in [2.45, 2.75) is 46.2 Å². The van der Waals surface area contributed by atoms with E-state index in [1.54, 1.807) is 15.8 Å². The fraction of sp³-hybridized carbons (Fsp3) is 0.381. The third kappa shape index (κ3) is 2.94. The van der Waals surface area contributed by atoms with Crippen LogP contribution in [0.4, 0.5) is 0 Å². The summed E-state index contributed by atoms with van der Waals surface area (Å²) in [4.78, 5) is 15.2. The van der Waals surface area contributed by atoms with Crippen LogP contribution < -0.4 is 10.5 Å². The van der Waals surface area contributed by atoms with Gasteiger partial charge in [-0.3, -0.25) is 0 Å². The maximum atomic E-state index is 12.1. The summed E-state index contributed by atoms with van der Waals surface area (Å²) in [7, 11) is 0. The molecule has 1 aliphatic rings. The van der Waals surface area contributed by atoms with Gasteiger partial charge < -0.3 is 9.32 Å². The van der Waals surface area contributed by atoms with E-state index >= 15 is 0 Å². The monoisotopic (exact) mass is 354 g/mol. The van der Waals surface area contributed by atoms with Crippen LogP contribution >= 0.6 is 11.3 Å². The largest absolute Gasteiger partial charge is 0.423 e. The topological polar surface area (TPSA) is 34.7 Å². The summed E-state index contributed by atoms with van der Waals surface area (Å²) < 4.78 is 5.46. The summed E-state index contributed by atoms with van der Waals surface area (Å²) in [5.41, 5.74) is 5.49. The van der Waals surface area contributed by atoms with Gasteiger partial charge >= 0.3 is 5.63 Å². The number of thiophene rings is 1. The Bertz CT molecular complexity index is 985. The molecule has 0 saturated carbocycles. The summed E-state index contributed by atoms with van der Waals surface area (Å²) in [5, 5.41) is 3.30. The molecular formula is C21H24NO2S+. The minimum Gasteiger partial charge on any atom is -0.423 e. The van der Waals surface area contributed by atoms with Crippen molar-refractivity contribution in [2.75, 3.05) is 6.54 Å². The Kier molecular flexibility index (Phi) is 4.26. The van der Waals surface area contributed by atoms with Gasteiger partial charge in [0.1, 0.15) is 18.2 Å². The maximum absolute atomic E-state index is 12.1. The van der Waals surface area contributed by atoms with Gasteiger partial charge in [0.15, 0.2) is 0 Å². The number of rotatable bonds is 3. The van der Waals surface area contributed by atoms with Crippen molar-refractivity contribution in [3.05, 3.63) is 67.2 Å². The molecule has 1 aliphatic heterocycles. The molecule has 3 aromatic rings. The minimum absolute atomic E-state index is 0.244. The van der Waals surface area contributed by atoms with Gasteiger partial charge in [-0.1, -0.05) is 6.92 Å². The van der Waals surface area contributed by atoms with E-state index < -0.39 is 0 Å². The smallest absolute Gasteiger partial charge is 0.336 e. The Hall–Kier alpha value is -1.91. The summed E-state index contributed by atoms with van der Waals surface area (Å²) in [5.74, 6) is 0. The highest BCUT2D eigenvalue weighted by Crippen LogP contribution is 2.28. The number of quaternary nitrogens is 1. The first-order valence-corrected chi connectivity index (χ1v) is 9.89. The molecule has 0 amide bonds. The third-order valence-corrected chi connectivity index (χ3v) is 6.59. The average molecular weight is 354 g/mol. The molecule has 2 aromatic heterocycles. The third-order valence-electron chi connectivity index (χ3n) is 5.59. The van der Waals surface area contributed by atoms with E-state index in [1.165, 1.54) is 11.1 Å². The number of hydrogen-bond acceptors (Lipinski definition) is 3. The van der Waals surface area contributed by atoms with E-state index in [2.05, 4.69) is 38.3 Å². The molecule has 0 aliphatic carbocycles.